The van der Waals surface area contributed by atoms with Gasteiger partial charge in [0.1, 0.15) is 13.2 Å². The molecule has 2 N–H and O–H groups in total. The third-order valence-electron chi connectivity index (χ3n) is 5.25. The molecule has 8 nitrogen and oxygen atoms in total. The maximum atomic E-state index is 12.9. The van der Waals surface area contributed by atoms with Crippen LogP contribution >= 0.6 is 0 Å². The topological polar surface area (TPSA) is 103 Å². The van der Waals surface area contributed by atoms with Gasteiger partial charge in [0.05, 0.1) is 17.7 Å². The fourth-order valence-electron chi connectivity index (χ4n) is 3.36. The molecule has 3 aromatic carbocycles. The highest BCUT2D eigenvalue weighted by molar-refractivity contribution is 7.92. The lowest BCUT2D eigenvalue weighted by atomic mass is 10.1. The molecule has 0 aromatic heterocycles. The van der Waals surface area contributed by atoms with E-state index in [0.29, 0.717) is 47.4 Å². The summed E-state index contributed by atoms with van der Waals surface area (Å²) in [5.41, 5.74) is 2.96. The predicted molar refractivity (Wildman–Crippen MR) is 125 cm³/mol. The molecule has 0 aliphatic carbocycles. The van der Waals surface area contributed by atoms with Crippen LogP contribution in [0.2, 0.25) is 0 Å². The number of hydrogen-bond donors (Lipinski definition) is 2. The molecule has 172 valence electrons. The Morgan fingerprint density at radius 3 is 2.45 bits per heavy atom. The molecule has 0 saturated heterocycles. The van der Waals surface area contributed by atoms with Crippen LogP contribution in [0.5, 0.6) is 17.2 Å². The number of aryl methyl sites for hydroxylation is 2. The van der Waals surface area contributed by atoms with Gasteiger partial charge in [0, 0.05) is 11.3 Å². The average Bonchev–Trinajstić information content (AvgIpc) is 2.80. The molecule has 1 amide bonds. The number of rotatable bonds is 6. The van der Waals surface area contributed by atoms with Crippen molar-refractivity contribution in [3.05, 3.63) is 71.3 Å². The molecule has 0 saturated carbocycles. The maximum Gasteiger partial charge on any atom is 0.261 e. The number of carbonyl (C=O) groups is 1. The fraction of sp³-hybridized carbons (Fsp3) is 0.208. The molecular weight excluding hydrogens is 444 g/mol. The molecule has 9 heteroatoms. The van der Waals surface area contributed by atoms with Crippen LogP contribution in [0, 0.1) is 13.8 Å². The fourth-order valence-corrected chi connectivity index (χ4v) is 4.50. The Balaban J connectivity index is 1.54. The van der Waals surface area contributed by atoms with Crippen molar-refractivity contribution in [3.8, 4) is 17.2 Å². The first-order valence-corrected chi connectivity index (χ1v) is 11.7. The molecule has 4 rings (SSSR count). The number of anilines is 2. The van der Waals surface area contributed by atoms with Gasteiger partial charge in [0.15, 0.2) is 11.5 Å². The van der Waals surface area contributed by atoms with Crippen LogP contribution in [0.4, 0.5) is 11.4 Å². The van der Waals surface area contributed by atoms with Gasteiger partial charge in [-0.05, 0) is 67.4 Å². The predicted octanol–water partition coefficient (Wildman–Crippen LogP) is 4.14. The number of ether oxygens (including phenoxy) is 3. The third-order valence-corrected chi connectivity index (χ3v) is 6.63. The van der Waals surface area contributed by atoms with Gasteiger partial charge < -0.3 is 19.5 Å². The Labute approximate surface area is 192 Å². The molecule has 3 aromatic rings. The van der Waals surface area contributed by atoms with E-state index in [1.54, 1.807) is 54.6 Å². The van der Waals surface area contributed by atoms with Gasteiger partial charge in [0.2, 0.25) is 5.75 Å². The Morgan fingerprint density at radius 2 is 1.70 bits per heavy atom. The summed E-state index contributed by atoms with van der Waals surface area (Å²) in [5, 5.41) is 2.77. The van der Waals surface area contributed by atoms with Gasteiger partial charge in [-0.1, -0.05) is 12.1 Å². The summed E-state index contributed by atoms with van der Waals surface area (Å²) in [4.78, 5) is 13.0. The van der Waals surface area contributed by atoms with E-state index in [2.05, 4.69) is 10.0 Å². The zero-order valence-electron chi connectivity index (χ0n) is 18.5. The number of nitrogens with one attached hydrogen (secondary N) is 2. The Bertz CT molecular complexity index is 1300. The molecule has 0 unspecified atom stereocenters. The first kappa shape index (κ1) is 22.5. The second kappa shape index (κ2) is 9.03. The Kier molecular flexibility index (Phi) is 6.15. The van der Waals surface area contributed by atoms with E-state index >= 15 is 0 Å². The van der Waals surface area contributed by atoms with Gasteiger partial charge in [-0.25, -0.2) is 8.42 Å². The van der Waals surface area contributed by atoms with Crippen LogP contribution in [0.25, 0.3) is 0 Å². The summed E-state index contributed by atoms with van der Waals surface area (Å²) in [5.74, 6) is 0.885. The molecule has 0 bridgehead atoms. The van der Waals surface area contributed by atoms with Crippen molar-refractivity contribution < 1.29 is 27.4 Å². The van der Waals surface area contributed by atoms with E-state index in [9.17, 15) is 13.2 Å². The highest BCUT2D eigenvalue weighted by Gasteiger charge is 2.21. The molecule has 0 radical (unpaired) electrons. The average molecular weight is 469 g/mol. The second-order valence-electron chi connectivity index (χ2n) is 7.59. The minimum atomic E-state index is -3.78. The summed E-state index contributed by atoms with van der Waals surface area (Å²) in [6.45, 7) is 4.56. The smallest absolute Gasteiger partial charge is 0.261 e. The number of benzene rings is 3. The van der Waals surface area contributed by atoms with Crippen LogP contribution < -0.4 is 24.2 Å². The van der Waals surface area contributed by atoms with Crippen molar-refractivity contribution in [1.29, 1.82) is 0 Å². The van der Waals surface area contributed by atoms with Crippen molar-refractivity contribution in [3.63, 3.8) is 0 Å². The summed E-state index contributed by atoms with van der Waals surface area (Å²) in [6, 6.07) is 14.6. The highest BCUT2D eigenvalue weighted by Crippen LogP contribution is 2.40. The van der Waals surface area contributed by atoms with Crippen molar-refractivity contribution in [2.75, 3.05) is 30.4 Å². The van der Waals surface area contributed by atoms with E-state index in [0.717, 1.165) is 11.1 Å². The number of sulfonamides is 1. The van der Waals surface area contributed by atoms with Crippen LogP contribution in [0.15, 0.2) is 59.5 Å². The normalized spacial score (nSPS) is 12.7. The summed E-state index contributed by atoms with van der Waals surface area (Å²) in [7, 11) is -2.29. The molecule has 1 heterocycles. The molecule has 0 spiro atoms. The maximum absolute atomic E-state index is 12.9. The van der Waals surface area contributed by atoms with E-state index < -0.39 is 15.9 Å². The van der Waals surface area contributed by atoms with E-state index in [1.807, 2.05) is 13.8 Å². The first-order valence-electron chi connectivity index (χ1n) is 10.3. The quantitative estimate of drug-likeness (QED) is 0.564. The van der Waals surface area contributed by atoms with Crippen LogP contribution in [-0.2, 0) is 10.0 Å². The Hall–Kier alpha value is -3.72. The van der Waals surface area contributed by atoms with E-state index in [-0.39, 0.29) is 4.90 Å². The molecule has 1 aliphatic rings. The minimum absolute atomic E-state index is 0.170. The largest absolute Gasteiger partial charge is 0.493 e. The number of amides is 1. The van der Waals surface area contributed by atoms with Gasteiger partial charge in [-0.2, -0.15) is 0 Å². The van der Waals surface area contributed by atoms with Crippen molar-refractivity contribution in [1.82, 2.24) is 0 Å². The minimum Gasteiger partial charge on any atom is -0.493 e. The zero-order chi connectivity index (χ0) is 23.6. The lowest BCUT2D eigenvalue weighted by molar-refractivity contribution is 0.102. The van der Waals surface area contributed by atoms with Crippen LogP contribution in [0.3, 0.4) is 0 Å². The summed E-state index contributed by atoms with van der Waals surface area (Å²) < 4.78 is 44.6. The zero-order valence-corrected chi connectivity index (χ0v) is 19.3. The van der Waals surface area contributed by atoms with Crippen LogP contribution in [-0.4, -0.2) is 34.6 Å². The van der Waals surface area contributed by atoms with Crippen LogP contribution in [0.1, 0.15) is 21.5 Å². The van der Waals surface area contributed by atoms with Gasteiger partial charge >= 0.3 is 0 Å². The molecule has 1 aliphatic heterocycles. The number of hydrogen-bond acceptors (Lipinski definition) is 6. The summed E-state index contributed by atoms with van der Waals surface area (Å²) >= 11 is 0. The van der Waals surface area contributed by atoms with E-state index in [4.69, 9.17) is 14.2 Å². The van der Waals surface area contributed by atoms with Gasteiger partial charge in [0.25, 0.3) is 15.9 Å². The number of carbonyl (C=O) groups excluding carboxylic acids is 1. The number of methoxy groups -OCH3 is 1. The Morgan fingerprint density at radius 1 is 0.939 bits per heavy atom. The number of fused-ring (bicyclic) bond motifs is 1. The molecule has 0 fully saturated rings. The highest BCUT2D eigenvalue weighted by atomic mass is 32.2. The second-order valence-corrected chi connectivity index (χ2v) is 9.27. The molecule has 0 atom stereocenters. The first-order chi connectivity index (χ1) is 15.8. The lowest BCUT2D eigenvalue weighted by Gasteiger charge is -2.21. The molecular formula is C24H24N2O6S. The van der Waals surface area contributed by atoms with E-state index in [1.165, 1.54) is 7.11 Å². The standard InChI is InChI=1S/C24H24N2O6S/c1-15-7-8-20(11-16(15)2)33(28,29)26-19-6-4-5-18(14-19)25-24(27)17-12-21(30-3)23-22(13-17)31-9-10-32-23/h4-8,11-14,26H,9-10H2,1-3H3,(H,25,27). The van der Waals surface area contributed by atoms with Crippen molar-refractivity contribution in [2.24, 2.45) is 0 Å². The lowest BCUT2D eigenvalue weighted by Crippen LogP contribution is -2.18. The molecule has 33 heavy (non-hydrogen) atoms. The third kappa shape index (κ3) is 4.88. The van der Waals surface area contributed by atoms with Crippen molar-refractivity contribution >= 4 is 27.3 Å². The SMILES string of the molecule is COc1cc(C(=O)Nc2cccc(NS(=O)(=O)c3ccc(C)c(C)c3)c2)cc2c1OCCO2. The van der Waals surface area contributed by atoms with Gasteiger partial charge in [-0.3, -0.25) is 9.52 Å². The van der Waals surface area contributed by atoms with Gasteiger partial charge in [-0.15, -0.1) is 0 Å². The monoisotopic (exact) mass is 468 g/mol. The van der Waals surface area contributed by atoms with Crippen molar-refractivity contribution in [2.45, 2.75) is 18.7 Å². The summed E-state index contributed by atoms with van der Waals surface area (Å²) in [6.07, 6.45) is 0.